The van der Waals surface area contributed by atoms with Crippen molar-refractivity contribution in [3.8, 4) is 28.7 Å². The van der Waals surface area contributed by atoms with Crippen molar-refractivity contribution in [2.75, 3.05) is 14.2 Å². The molecule has 0 unspecified atom stereocenters. The summed E-state index contributed by atoms with van der Waals surface area (Å²) in [4.78, 5) is 13.4. The van der Waals surface area contributed by atoms with Gasteiger partial charge in [0.1, 0.15) is 28.4 Å². The minimum absolute atomic E-state index is 0.0342. The molecule has 7 nitrogen and oxygen atoms in total. The van der Waals surface area contributed by atoms with Gasteiger partial charge in [-0.05, 0) is 64.0 Å². The van der Waals surface area contributed by atoms with Crippen LogP contribution in [0.1, 0.15) is 60.8 Å². The van der Waals surface area contributed by atoms with Crippen LogP contribution in [-0.4, -0.2) is 41.9 Å². The molecule has 0 spiro atoms. The first-order chi connectivity index (χ1) is 16.1. The van der Waals surface area contributed by atoms with Crippen molar-refractivity contribution in [2.24, 2.45) is 0 Å². The van der Waals surface area contributed by atoms with Gasteiger partial charge in [0.25, 0.3) is 0 Å². The highest BCUT2D eigenvalue weighted by Gasteiger charge is 2.43. The third-order valence-electron chi connectivity index (χ3n) is 6.03. The van der Waals surface area contributed by atoms with Crippen LogP contribution in [-0.2, 0) is 6.42 Å². The maximum Gasteiger partial charge on any atom is 0.202 e. The predicted molar refractivity (Wildman–Crippen MR) is 128 cm³/mol. The van der Waals surface area contributed by atoms with E-state index >= 15 is 0 Å². The quantitative estimate of drug-likeness (QED) is 0.613. The molecule has 2 aliphatic heterocycles. The number of allylic oxidation sites excluding steroid dienone is 2. The van der Waals surface area contributed by atoms with Gasteiger partial charge in [-0.15, -0.1) is 0 Å². The van der Waals surface area contributed by atoms with Gasteiger partial charge < -0.3 is 29.2 Å². The van der Waals surface area contributed by atoms with E-state index in [1.54, 1.807) is 24.3 Å². The molecule has 0 bridgehead atoms. The lowest BCUT2D eigenvalue weighted by atomic mass is 9.87. The van der Waals surface area contributed by atoms with Gasteiger partial charge in [0.2, 0.25) is 5.78 Å². The van der Waals surface area contributed by atoms with Crippen molar-refractivity contribution in [3.63, 3.8) is 0 Å². The number of aliphatic hydroxyl groups excluding tert-OH is 1. The largest absolute Gasteiger partial charge is 0.506 e. The van der Waals surface area contributed by atoms with Crippen molar-refractivity contribution in [1.29, 1.82) is 0 Å². The molecule has 0 radical (unpaired) electrons. The fourth-order valence-corrected chi connectivity index (χ4v) is 4.23. The molecule has 2 aromatic rings. The Morgan fingerprint density at radius 2 is 1.85 bits per heavy atom. The van der Waals surface area contributed by atoms with Crippen molar-refractivity contribution < 1.29 is 34.0 Å². The van der Waals surface area contributed by atoms with Gasteiger partial charge in [0.05, 0.1) is 19.8 Å². The highest BCUT2D eigenvalue weighted by atomic mass is 16.5. The molecule has 34 heavy (non-hydrogen) atoms. The average molecular weight is 467 g/mol. The summed E-state index contributed by atoms with van der Waals surface area (Å²) in [7, 11) is 3.04. The van der Waals surface area contributed by atoms with E-state index in [-0.39, 0.29) is 17.1 Å². The number of hydrogen-bond donors (Lipinski definition) is 2. The molecule has 0 saturated heterocycles. The highest BCUT2D eigenvalue weighted by molar-refractivity contribution is 6.07. The molecule has 0 saturated carbocycles. The summed E-state index contributed by atoms with van der Waals surface area (Å²) >= 11 is 0. The number of ketones is 1. The number of rotatable bonds is 5. The number of phenolic OH excluding ortho intramolecular Hbond substituents is 1. The van der Waals surface area contributed by atoms with Crippen LogP contribution in [0, 0.1) is 0 Å². The van der Waals surface area contributed by atoms with Gasteiger partial charge in [-0.25, -0.2) is 0 Å². The van der Waals surface area contributed by atoms with Crippen LogP contribution >= 0.6 is 0 Å². The van der Waals surface area contributed by atoms with E-state index in [1.807, 2.05) is 39.8 Å². The first-order valence-electron chi connectivity index (χ1n) is 11.1. The molecule has 0 fully saturated rings. The number of aromatic hydroxyl groups is 1. The summed E-state index contributed by atoms with van der Waals surface area (Å²) in [6, 6.07) is 5.07. The maximum absolute atomic E-state index is 13.4. The molecule has 7 heteroatoms. The van der Waals surface area contributed by atoms with Crippen LogP contribution in [0.15, 0.2) is 35.9 Å². The molecule has 2 aliphatic rings. The molecule has 2 N–H and O–H groups in total. The van der Waals surface area contributed by atoms with E-state index in [4.69, 9.17) is 18.9 Å². The van der Waals surface area contributed by atoms with E-state index in [2.05, 4.69) is 0 Å². The first-order valence-corrected chi connectivity index (χ1v) is 11.1. The summed E-state index contributed by atoms with van der Waals surface area (Å²) in [5.41, 5.74) is 2.04. The van der Waals surface area contributed by atoms with Crippen molar-refractivity contribution in [2.45, 2.75) is 51.9 Å². The number of ether oxygens (including phenoxy) is 4. The monoisotopic (exact) mass is 466 g/mol. The zero-order valence-corrected chi connectivity index (χ0v) is 20.3. The van der Waals surface area contributed by atoms with Crippen LogP contribution in [0.25, 0.3) is 6.08 Å². The Bertz CT molecular complexity index is 1200. The van der Waals surface area contributed by atoms with Crippen LogP contribution in [0.3, 0.4) is 0 Å². The van der Waals surface area contributed by atoms with E-state index < -0.39 is 23.6 Å². The second-order valence-corrected chi connectivity index (χ2v) is 9.26. The van der Waals surface area contributed by atoms with E-state index in [0.717, 1.165) is 5.57 Å². The van der Waals surface area contributed by atoms with Gasteiger partial charge in [0, 0.05) is 5.56 Å². The summed E-state index contributed by atoms with van der Waals surface area (Å²) < 4.78 is 23.2. The number of methoxy groups -OCH3 is 2. The van der Waals surface area contributed by atoms with Crippen molar-refractivity contribution >= 4 is 11.9 Å². The molecular formula is C27H30O7. The van der Waals surface area contributed by atoms with E-state index in [1.165, 1.54) is 14.2 Å². The lowest BCUT2D eigenvalue weighted by Crippen LogP contribution is -2.37. The average Bonchev–Trinajstić information content (AvgIpc) is 2.79. The van der Waals surface area contributed by atoms with Gasteiger partial charge in [-0.3, -0.25) is 4.79 Å². The molecular weight excluding hydrogens is 436 g/mol. The van der Waals surface area contributed by atoms with Crippen LogP contribution in [0.4, 0.5) is 0 Å². The number of carbonyl (C=O) groups excluding carboxylic acids is 1. The first kappa shape index (κ1) is 23.7. The van der Waals surface area contributed by atoms with Crippen LogP contribution in [0.2, 0.25) is 0 Å². The number of carbonyl (C=O) groups is 1. The van der Waals surface area contributed by atoms with Gasteiger partial charge >= 0.3 is 0 Å². The zero-order valence-electron chi connectivity index (χ0n) is 20.3. The lowest BCUT2D eigenvalue weighted by molar-refractivity contribution is 0.0203. The number of Topliss-reactive ketones (excluding diaryl/α,β-unsaturated/α-hetero) is 1. The summed E-state index contributed by atoms with van der Waals surface area (Å²) in [6.45, 7) is 7.78. The summed E-state index contributed by atoms with van der Waals surface area (Å²) in [5.74, 6) is 0.779. The molecule has 180 valence electrons. The molecule has 0 aromatic heterocycles. The smallest absolute Gasteiger partial charge is 0.202 e. The molecule has 2 aromatic carbocycles. The molecule has 0 amide bonds. The molecule has 2 heterocycles. The molecule has 4 rings (SSSR count). The topological polar surface area (TPSA) is 94.5 Å². The normalized spacial score (nSPS) is 19.9. The van der Waals surface area contributed by atoms with Crippen LogP contribution in [0.5, 0.6) is 28.7 Å². The summed E-state index contributed by atoms with van der Waals surface area (Å²) in [5, 5.41) is 22.0. The fraction of sp³-hybridized carbons (Fsp3) is 0.370. The third kappa shape index (κ3) is 4.01. The Morgan fingerprint density at radius 3 is 2.50 bits per heavy atom. The standard InChI is InChI=1S/C27H30O7/c1-14(2)7-9-17-25-16(11-12-27(3,4)34-25)21(28)20-22(29)23(30)24(33-26(17)20)15-8-10-18(31-5)19(13-15)32-6/h7-8,10-13,23-24,28,30H,9H2,1-6H3/t23-,24+/m0/s1. The Morgan fingerprint density at radius 1 is 1.15 bits per heavy atom. The maximum atomic E-state index is 13.4. The predicted octanol–water partition coefficient (Wildman–Crippen LogP) is 4.78. The Kier molecular flexibility index (Phi) is 6.08. The summed E-state index contributed by atoms with van der Waals surface area (Å²) in [6.07, 6.45) is 3.49. The van der Waals surface area contributed by atoms with Crippen LogP contribution < -0.4 is 18.9 Å². The Hall–Kier alpha value is -3.45. The second-order valence-electron chi connectivity index (χ2n) is 9.26. The number of aliphatic hydroxyl groups is 1. The van der Waals surface area contributed by atoms with E-state index in [9.17, 15) is 15.0 Å². The van der Waals surface area contributed by atoms with Gasteiger partial charge in [0.15, 0.2) is 23.7 Å². The zero-order chi connectivity index (χ0) is 24.8. The Labute approximate surface area is 199 Å². The van der Waals surface area contributed by atoms with Crippen molar-refractivity contribution in [1.82, 2.24) is 0 Å². The number of phenols is 1. The molecule has 2 atom stereocenters. The third-order valence-corrected chi connectivity index (χ3v) is 6.03. The number of fused-ring (bicyclic) bond motifs is 2. The number of benzene rings is 2. The van der Waals surface area contributed by atoms with Crippen molar-refractivity contribution in [3.05, 3.63) is 58.2 Å². The van der Waals surface area contributed by atoms with Gasteiger partial charge in [-0.2, -0.15) is 0 Å². The number of hydrogen-bond acceptors (Lipinski definition) is 7. The minimum atomic E-state index is -1.52. The minimum Gasteiger partial charge on any atom is -0.506 e. The second kappa shape index (κ2) is 8.72. The van der Waals surface area contributed by atoms with E-state index in [0.29, 0.717) is 40.4 Å². The van der Waals surface area contributed by atoms with Gasteiger partial charge in [-0.1, -0.05) is 17.7 Å². The lowest BCUT2D eigenvalue weighted by Gasteiger charge is -2.36. The molecule has 0 aliphatic carbocycles. The SMILES string of the molecule is COc1ccc([C@H]2Oc3c(CC=C(C)C)c4c(c(O)c3C(=O)[C@@H]2O)C=CC(C)(C)O4)cc1OC. The fourth-order valence-electron chi connectivity index (χ4n) is 4.23. The highest BCUT2D eigenvalue weighted by Crippen LogP contribution is 2.51. The Balaban J connectivity index is 1.91.